The van der Waals surface area contributed by atoms with Crippen LogP contribution < -0.4 is 15.5 Å². The van der Waals surface area contributed by atoms with Crippen molar-refractivity contribution in [1.82, 2.24) is 4.98 Å². The molecule has 2 rings (SSSR count). The largest absolute Gasteiger partial charge is 0.322 e. The number of quaternary nitrogens is 1. The van der Waals surface area contributed by atoms with Gasteiger partial charge in [-0.05, 0) is 24.1 Å². The molecule has 0 spiro atoms. The highest BCUT2D eigenvalue weighted by molar-refractivity contribution is 6.36. The van der Waals surface area contributed by atoms with E-state index in [1.807, 2.05) is 31.2 Å². The molecule has 8 heteroatoms. The Hall–Kier alpha value is -2.15. The van der Waals surface area contributed by atoms with Crippen LogP contribution >= 0.6 is 23.2 Å². The molecule has 0 fully saturated rings. The zero-order chi connectivity index (χ0) is 19.1. The monoisotopic (exact) mass is 395 g/mol. The van der Waals surface area contributed by atoms with Gasteiger partial charge in [0.1, 0.15) is 0 Å². The summed E-state index contributed by atoms with van der Waals surface area (Å²) in [6.07, 6.45) is 2.23. The van der Waals surface area contributed by atoms with E-state index in [0.29, 0.717) is 5.02 Å². The molecule has 0 radical (unpaired) electrons. The lowest BCUT2D eigenvalue weighted by atomic mass is 10.1. The Kier molecular flexibility index (Phi) is 7.38. The molecule has 1 atom stereocenters. The molecule has 0 aliphatic rings. The van der Waals surface area contributed by atoms with Crippen LogP contribution in [0, 0.1) is 0 Å². The first-order valence-electron chi connectivity index (χ1n) is 8.19. The molecule has 1 aromatic heterocycles. The van der Waals surface area contributed by atoms with Crippen LogP contribution in [0.15, 0.2) is 36.5 Å². The molecule has 26 heavy (non-hydrogen) atoms. The fourth-order valence-electron chi connectivity index (χ4n) is 2.44. The number of hydrogen-bond donors (Lipinski definition) is 3. The third-order valence-corrected chi connectivity index (χ3v) is 4.16. The number of anilines is 2. The summed E-state index contributed by atoms with van der Waals surface area (Å²) in [7, 11) is 1.77. The fraction of sp³-hybridized carbons (Fsp3) is 0.278. The van der Waals surface area contributed by atoms with Gasteiger partial charge in [-0.15, -0.1) is 0 Å². The SMILES string of the molecule is CCc1ccccc1NC(=O)C[NH+](C)CC(=O)Nc1ncc(Cl)cc1Cl. The van der Waals surface area contributed by atoms with Gasteiger partial charge in [0.15, 0.2) is 18.9 Å². The maximum atomic E-state index is 12.2. The van der Waals surface area contributed by atoms with Gasteiger partial charge in [-0.1, -0.05) is 48.3 Å². The number of halogens is 2. The number of pyridine rings is 1. The Labute approximate surface area is 162 Å². The van der Waals surface area contributed by atoms with Crippen molar-refractivity contribution in [3.8, 4) is 0 Å². The number of aryl methyl sites for hydroxylation is 1. The second-order valence-electron chi connectivity index (χ2n) is 5.90. The summed E-state index contributed by atoms with van der Waals surface area (Å²) in [5.74, 6) is -0.199. The molecule has 1 aromatic carbocycles. The molecule has 6 nitrogen and oxygen atoms in total. The predicted molar refractivity (Wildman–Crippen MR) is 104 cm³/mol. The molecular formula is C18H21Cl2N4O2+. The summed E-state index contributed by atoms with van der Waals surface area (Å²) in [6.45, 7) is 2.29. The van der Waals surface area contributed by atoms with Crippen LogP contribution in [0.25, 0.3) is 0 Å². The average molecular weight is 396 g/mol. The van der Waals surface area contributed by atoms with Gasteiger partial charge in [0, 0.05) is 11.9 Å². The topological polar surface area (TPSA) is 75.5 Å². The predicted octanol–water partition coefficient (Wildman–Crippen LogP) is 2.04. The molecule has 138 valence electrons. The van der Waals surface area contributed by atoms with Crippen molar-refractivity contribution in [3.05, 3.63) is 52.1 Å². The van der Waals surface area contributed by atoms with Crippen molar-refractivity contribution in [1.29, 1.82) is 0 Å². The maximum absolute atomic E-state index is 12.2. The minimum Gasteiger partial charge on any atom is -0.322 e. The van der Waals surface area contributed by atoms with Crippen LogP contribution in [0.5, 0.6) is 0 Å². The number of likely N-dealkylation sites (N-methyl/N-ethyl adjacent to an activating group) is 1. The van der Waals surface area contributed by atoms with Crippen molar-refractivity contribution in [3.63, 3.8) is 0 Å². The van der Waals surface area contributed by atoms with Crippen molar-refractivity contribution in [2.75, 3.05) is 30.8 Å². The van der Waals surface area contributed by atoms with Crippen molar-refractivity contribution in [2.45, 2.75) is 13.3 Å². The zero-order valence-corrected chi connectivity index (χ0v) is 16.1. The van der Waals surface area contributed by atoms with Crippen LogP contribution in [0.4, 0.5) is 11.5 Å². The average Bonchev–Trinajstić information content (AvgIpc) is 2.57. The van der Waals surface area contributed by atoms with Crippen molar-refractivity contribution in [2.24, 2.45) is 0 Å². The lowest BCUT2D eigenvalue weighted by Gasteiger charge is -2.15. The highest BCUT2D eigenvalue weighted by Crippen LogP contribution is 2.22. The Morgan fingerprint density at radius 1 is 1.12 bits per heavy atom. The Morgan fingerprint density at radius 2 is 1.77 bits per heavy atom. The first kappa shape index (κ1) is 20.2. The molecule has 2 amide bonds. The summed E-state index contributed by atoms with van der Waals surface area (Å²) in [5.41, 5.74) is 1.87. The Bertz CT molecular complexity index is 799. The second kappa shape index (κ2) is 9.52. The molecule has 0 aliphatic heterocycles. The van der Waals surface area contributed by atoms with Crippen molar-refractivity contribution >= 4 is 46.5 Å². The number of rotatable bonds is 7. The van der Waals surface area contributed by atoms with E-state index in [2.05, 4.69) is 15.6 Å². The van der Waals surface area contributed by atoms with Gasteiger partial charge in [0.2, 0.25) is 0 Å². The Morgan fingerprint density at radius 3 is 2.42 bits per heavy atom. The number of carbonyl (C=O) groups is 2. The lowest BCUT2D eigenvalue weighted by molar-refractivity contribution is -0.862. The number of nitrogens with zero attached hydrogens (tertiary/aromatic N) is 1. The fourth-order valence-corrected chi connectivity index (χ4v) is 2.87. The zero-order valence-electron chi connectivity index (χ0n) is 14.6. The van der Waals surface area contributed by atoms with Gasteiger partial charge in [-0.25, -0.2) is 4.98 Å². The van der Waals surface area contributed by atoms with Gasteiger partial charge in [-0.2, -0.15) is 0 Å². The quantitative estimate of drug-likeness (QED) is 0.671. The van der Waals surface area contributed by atoms with Gasteiger partial charge >= 0.3 is 0 Å². The molecule has 3 N–H and O–H groups in total. The minimum absolute atomic E-state index is 0.101. The highest BCUT2D eigenvalue weighted by Gasteiger charge is 2.16. The first-order valence-corrected chi connectivity index (χ1v) is 8.94. The summed E-state index contributed by atoms with van der Waals surface area (Å²) in [5, 5.41) is 6.16. The number of benzene rings is 1. The van der Waals surface area contributed by atoms with Crippen LogP contribution in [0.2, 0.25) is 10.0 Å². The van der Waals surface area contributed by atoms with Gasteiger partial charge in [0.05, 0.1) is 17.1 Å². The van der Waals surface area contributed by atoms with Gasteiger partial charge in [-0.3, -0.25) is 9.59 Å². The van der Waals surface area contributed by atoms with E-state index >= 15 is 0 Å². The van der Waals surface area contributed by atoms with E-state index in [1.54, 1.807) is 7.05 Å². The van der Waals surface area contributed by atoms with E-state index in [9.17, 15) is 9.59 Å². The maximum Gasteiger partial charge on any atom is 0.280 e. The summed E-state index contributed by atoms with van der Waals surface area (Å²) in [4.78, 5) is 29.0. The summed E-state index contributed by atoms with van der Waals surface area (Å²) >= 11 is 11.8. The molecule has 0 saturated carbocycles. The summed E-state index contributed by atoms with van der Waals surface area (Å²) < 4.78 is 0. The van der Waals surface area contributed by atoms with Crippen molar-refractivity contribution < 1.29 is 14.5 Å². The molecule has 0 bridgehead atoms. The highest BCUT2D eigenvalue weighted by atomic mass is 35.5. The van der Waals surface area contributed by atoms with Crippen LogP contribution in [0.3, 0.4) is 0 Å². The third-order valence-electron chi connectivity index (χ3n) is 3.66. The lowest BCUT2D eigenvalue weighted by Crippen LogP contribution is -3.11. The van der Waals surface area contributed by atoms with Crippen LogP contribution in [0.1, 0.15) is 12.5 Å². The third kappa shape index (κ3) is 5.98. The van der Waals surface area contributed by atoms with E-state index in [4.69, 9.17) is 23.2 Å². The number of para-hydroxylation sites is 1. The molecule has 2 aromatic rings. The van der Waals surface area contributed by atoms with E-state index < -0.39 is 0 Å². The number of aromatic nitrogens is 1. The molecule has 0 aliphatic carbocycles. The smallest absolute Gasteiger partial charge is 0.280 e. The standard InChI is InChI=1S/C18H20Cl2N4O2/c1-3-12-6-4-5-7-15(12)22-16(25)10-24(2)11-17(26)23-18-14(20)8-13(19)9-21-18/h4-9H,3,10-11H2,1-2H3,(H,22,25)(H,21,23,26)/p+1. The van der Waals surface area contributed by atoms with E-state index in [1.165, 1.54) is 12.3 Å². The number of carbonyl (C=O) groups excluding carboxylic acids is 2. The number of hydrogen-bond acceptors (Lipinski definition) is 3. The second-order valence-corrected chi connectivity index (χ2v) is 6.75. The number of nitrogens with one attached hydrogen (secondary N) is 3. The normalized spacial score (nSPS) is 11.7. The molecule has 0 saturated heterocycles. The van der Waals surface area contributed by atoms with Crippen LogP contribution in [-0.4, -0.2) is 36.9 Å². The minimum atomic E-state index is -0.291. The molecular weight excluding hydrogens is 375 g/mol. The Balaban J connectivity index is 1.86. The summed E-state index contributed by atoms with van der Waals surface area (Å²) in [6, 6.07) is 9.16. The van der Waals surface area contributed by atoms with E-state index in [-0.39, 0.29) is 35.7 Å². The van der Waals surface area contributed by atoms with Gasteiger partial charge in [0.25, 0.3) is 11.8 Å². The van der Waals surface area contributed by atoms with Gasteiger partial charge < -0.3 is 15.5 Å². The van der Waals surface area contributed by atoms with Crippen LogP contribution in [-0.2, 0) is 16.0 Å². The molecule has 1 heterocycles. The number of amides is 2. The first-order chi connectivity index (χ1) is 12.4. The van der Waals surface area contributed by atoms with E-state index in [0.717, 1.165) is 22.6 Å². The molecule has 1 unspecified atom stereocenters.